The fourth-order valence-corrected chi connectivity index (χ4v) is 3.78. The Balaban J connectivity index is 1.70. The normalized spacial score (nSPS) is 17.6. The molecule has 132 valence electrons. The Hall–Kier alpha value is -2.22. The summed E-state index contributed by atoms with van der Waals surface area (Å²) in [7, 11) is 0. The van der Waals surface area contributed by atoms with Crippen molar-refractivity contribution in [2.75, 3.05) is 17.6 Å². The molecule has 1 aliphatic rings. The lowest BCUT2D eigenvalue weighted by atomic mass is 10.2. The molecule has 0 spiro atoms. The van der Waals surface area contributed by atoms with E-state index in [2.05, 4.69) is 5.32 Å². The van der Waals surface area contributed by atoms with E-state index in [9.17, 15) is 22.4 Å². The van der Waals surface area contributed by atoms with Crippen molar-refractivity contribution < 1.29 is 22.4 Å². The van der Waals surface area contributed by atoms with Crippen LogP contribution in [0.4, 0.5) is 28.0 Å². The zero-order valence-corrected chi connectivity index (χ0v) is 13.7. The first kappa shape index (κ1) is 17.6. The van der Waals surface area contributed by atoms with E-state index >= 15 is 0 Å². The average molecular weight is 370 g/mol. The van der Waals surface area contributed by atoms with Crippen molar-refractivity contribution in [1.82, 2.24) is 4.90 Å². The number of carbonyl (C=O) groups is 1. The zero-order chi connectivity index (χ0) is 18.0. The van der Waals surface area contributed by atoms with Crippen LogP contribution in [-0.4, -0.2) is 23.2 Å². The maximum atomic E-state index is 13.1. The third kappa shape index (κ3) is 4.07. The van der Waals surface area contributed by atoms with Gasteiger partial charge in [-0.15, -0.1) is 11.8 Å². The van der Waals surface area contributed by atoms with Crippen LogP contribution in [0.2, 0.25) is 0 Å². The second-order valence-electron chi connectivity index (χ2n) is 5.47. The molecule has 0 unspecified atom stereocenters. The van der Waals surface area contributed by atoms with Gasteiger partial charge in [0.2, 0.25) is 0 Å². The van der Waals surface area contributed by atoms with Gasteiger partial charge in [-0.3, -0.25) is 0 Å². The molecule has 0 saturated carbocycles. The molecular weight excluding hydrogens is 356 g/mol. The van der Waals surface area contributed by atoms with Gasteiger partial charge in [0, 0.05) is 18.0 Å². The van der Waals surface area contributed by atoms with Crippen LogP contribution in [-0.2, 0) is 6.18 Å². The zero-order valence-electron chi connectivity index (χ0n) is 12.9. The number of carbonyl (C=O) groups excluding carboxylic acids is 1. The molecule has 1 heterocycles. The SMILES string of the molecule is O=C(Nc1ccc(C(F)(F)F)cc1)N1CCS[C@@H]1c1ccc(F)cc1. The van der Waals surface area contributed by atoms with Crippen molar-refractivity contribution in [2.45, 2.75) is 11.6 Å². The van der Waals surface area contributed by atoms with Gasteiger partial charge < -0.3 is 10.2 Å². The highest BCUT2D eigenvalue weighted by molar-refractivity contribution is 7.99. The van der Waals surface area contributed by atoms with E-state index in [-0.39, 0.29) is 16.9 Å². The predicted molar refractivity (Wildman–Crippen MR) is 88.8 cm³/mol. The third-order valence-electron chi connectivity index (χ3n) is 3.77. The van der Waals surface area contributed by atoms with E-state index < -0.39 is 17.8 Å². The van der Waals surface area contributed by atoms with E-state index in [4.69, 9.17) is 0 Å². The van der Waals surface area contributed by atoms with Gasteiger partial charge in [-0.25, -0.2) is 9.18 Å². The van der Waals surface area contributed by atoms with E-state index in [1.54, 1.807) is 28.8 Å². The van der Waals surface area contributed by atoms with E-state index in [0.717, 1.165) is 23.4 Å². The minimum atomic E-state index is -4.41. The number of hydrogen-bond donors (Lipinski definition) is 1. The van der Waals surface area contributed by atoms with Crippen LogP contribution in [0.25, 0.3) is 0 Å². The number of hydrogen-bond acceptors (Lipinski definition) is 2. The highest BCUT2D eigenvalue weighted by Crippen LogP contribution is 2.38. The number of amides is 2. The van der Waals surface area contributed by atoms with Crippen LogP contribution in [0.3, 0.4) is 0 Å². The Kier molecular flexibility index (Phi) is 4.89. The Morgan fingerprint density at radius 2 is 1.72 bits per heavy atom. The van der Waals surface area contributed by atoms with Crippen molar-refractivity contribution in [3.05, 3.63) is 65.5 Å². The minimum absolute atomic E-state index is 0.255. The van der Waals surface area contributed by atoms with Gasteiger partial charge in [0.05, 0.1) is 5.56 Å². The van der Waals surface area contributed by atoms with Gasteiger partial charge in [0.1, 0.15) is 11.2 Å². The number of anilines is 1. The van der Waals surface area contributed by atoms with Gasteiger partial charge in [-0.05, 0) is 42.0 Å². The highest BCUT2D eigenvalue weighted by Gasteiger charge is 2.32. The van der Waals surface area contributed by atoms with E-state index in [1.165, 1.54) is 24.3 Å². The summed E-state index contributed by atoms with van der Waals surface area (Å²) in [5.41, 5.74) is 0.311. The molecule has 1 saturated heterocycles. The van der Waals surface area contributed by atoms with E-state index in [0.29, 0.717) is 6.54 Å². The summed E-state index contributed by atoms with van der Waals surface area (Å²) in [6.45, 7) is 0.499. The summed E-state index contributed by atoms with van der Waals surface area (Å²) in [5, 5.41) is 2.35. The molecule has 1 fully saturated rings. The molecule has 25 heavy (non-hydrogen) atoms. The first-order valence-electron chi connectivity index (χ1n) is 7.46. The second-order valence-corrected chi connectivity index (χ2v) is 6.66. The maximum Gasteiger partial charge on any atom is 0.416 e. The molecule has 3 nitrogen and oxygen atoms in total. The molecule has 1 atom stereocenters. The molecule has 0 aliphatic carbocycles. The molecule has 0 aromatic heterocycles. The van der Waals surface area contributed by atoms with Crippen molar-refractivity contribution >= 4 is 23.5 Å². The number of thioether (sulfide) groups is 1. The minimum Gasteiger partial charge on any atom is -0.308 e. The summed E-state index contributed by atoms with van der Waals surface area (Å²) in [6.07, 6.45) is -4.41. The number of alkyl halides is 3. The molecular formula is C17H14F4N2OS. The fourth-order valence-electron chi connectivity index (χ4n) is 2.52. The summed E-state index contributed by atoms with van der Waals surface area (Å²) in [4.78, 5) is 14.0. The Labute approximate surface area is 146 Å². The van der Waals surface area contributed by atoms with E-state index in [1.807, 2.05) is 0 Å². The Morgan fingerprint density at radius 3 is 2.32 bits per heavy atom. The molecule has 8 heteroatoms. The Bertz CT molecular complexity index is 747. The number of urea groups is 1. The van der Waals surface area contributed by atoms with Crippen LogP contribution in [0.5, 0.6) is 0 Å². The first-order valence-corrected chi connectivity index (χ1v) is 8.51. The van der Waals surface area contributed by atoms with Crippen molar-refractivity contribution in [1.29, 1.82) is 0 Å². The summed E-state index contributed by atoms with van der Waals surface area (Å²) >= 11 is 1.55. The van der Waals surface area contributed by atoms with Gasteiger partial charge in [-0.1, -0.05) is 12.1 Å². The standard InChI is InChI=1S/C17H14F4N2OS/c18-13-5-1-11(2-6-13)15-23(9-10-25-15)16(24)22-14-7-3-12(4-8-14)17(19,20)21/h1-8,15H,9-10H2,(H,22,24)/t15-/m1/s1. The smallest absolute Gasteiger partial charge is 0.308 e. The predicted octanol–water partition coefficient (Wildman–Crippen LogP) is 5.12. The molecule has 3 rings (SSSR count). The van der Waals surface area contributed by atoms with Gasteiger partial charge >= 0.3 is 12.2 Å². The number of benzene rings is 2. The van der Waals surface area contributed by atoms with Crippen LogP contribution in [0.15, 0.2) is 48.5 Å². The number of rotatable bonds is 2. The van der Waals surface area contributed by atoms with Crippen molar-refractivity contribution in [2.24, 2.45) is 0 Å². The molecule has 2 amide bonds. The molecule has 2 aromatic rings. The molecule has 1 N–H and O–H groups in total. The summed E-state index contributed by atoms with van der Waals surface area (Å²) < 4.78 is 50.8. The number of nitrogens with zero attached hydrogens (tertiary/aromatic N) is 1. The number of nitrogens with one attached hydrogen (secondary N) is 1. The largest absolute Gasteiger partial charge is 0.416 e. The lowest BCUT2D eigenvalue weighted by molar-refractivity contribution is -0.137. The Morgan fingerprint density at radius 1 is 1.08 bits per heavy atom. The quantitative estimate of drug-likeness (QED) is 0.744. The lowest BCUT2D eigenvalue weighted by Gasteiger charge is -2.24. The average Bonchev–Trinajstić information content (AvgIpc) is 3.05. The van der Waals surface area contributed by atoms with Crippen LogP contribution in [0.1, 0.15) is 16.5 Å². The fraction of sp³-hybridized carbons (Fsp3) is 0.235. The lowest BCUT2D eigenvalue weighted by Crippen LogP contribution is -2.34. The topological polar surface area (TPSA) is 32.3 Å². The van der Waals surface area contributed by atoms with Gasteiger partial charge in [0.25, 0.3) is 0 Å². The second kappa shape index (κ2) is 6.95. The third-order valence-corrected chi connectivity index (χ3v) is 5.03. The van der Waals surface area contributed by atoms with Crippen LogP contribution in [0, 0.1) is 5.82 Å². The van der Waals surface area contributed by atoms with Gasteiger partial charge in [0.15, 0.2) is 0 Å². The van der Waals surface area contributed by atoms with Crippen LogP contribution < -0.4 is 5.32 Å². The van der Waals surface area contributed by atoms with Crippen molar-refractivity contribution in [3.8, 4) is 0 Å². The first-order chi connectivity index (χ1) is 11.8. The van der Waals surface area contributed by atoms with Crippen molar-refractivity contribution in [3.63, 3.8) is 0 Å². The molecule has 1 aliphatic heterocycles. The monoisotopic (exact) mass is 370 g/mol. The van der Waals surface area contributed by atoms with Gasteiger partial charge in [-0.2, -0.15) is 13.2 Å². The highest BCUT2D eigenvalue weighted by atomic mass is 32.2. The molecule has 2 aromatic carbocycles. The molecule has 0 radical (unpaired) electrons. The summed E-state index contributed by atoms with van der Waals surface area (Å²) in [6, 6.07) is 9.79. The van der Waals surface area contributed by atoms with Crippen LogP contribution >= 0.6 is 11.8 Å². The summed E-state index contributed by atoms with van der Waals surface area (Å²) in [5.74, 6) is 0.371. The number of halogens is 4. The maximum absolute atomic E-state index is 13.1. The molecule has 0 bridgehead atoms.